The zero-order valence-corrected chi connectivity index (χ0v) is 13.3. The average Bonchev–Trinajstić information content (AvgIpc) is 2.98. The molecule has 1 aromatic heterocycles. The molecule has 1 amide bonds. The molecular weight excluding hydrogens is 346 g/mol. The Morgan fingerprint density at radius 3 is 2.68 bits per heavy atom. The number of rotatable bonds is 5. The van der Waals surface area contributed by atoms with Gasteiger partial charge in [-0.25, -0.2) is 0 Å². The average molecular weight is 360 g/mol. The predicted octanol–water partition coefficient (Wildman–Crippen LogP) is 4.00. The largest absolute Gasteiger partial charge is 0.492 e. The van der Waals surface area contributed by atoms with Gasteiger partial charge in [0.15, 0.2) is 10.4 Å². The first-order valence-electron chi connectivity index (χ1n) is 6.87. The number of halogens is 1. The summed E-state index contributed by atoms with van der Waals surface area (Å²) in [6, 6.07) is 17.3. The van der Waals surface area contributed by atoms with Crippen LogP contribution in [0.1, 0.15) is 10.6 Å². The number of hydrogen-bond donors (Lipinski definition) is 1. The van der Waals surface area contributed by atoms with E-state index < -0.39 is 0 Å². The van der Waals surface area contributed by atoms with E-state index >= 15 is 0 Å². The van der Waals surface area contributed by atoms with Crippen molar-refractivity contribution in [3.05, 3.63) is 65.0 Å². The third-order valence-corrected chi connectivity index (χ3v) is 3.60. The lowest BCUT2D eigenvalue weighted by molar-refractivity contribution is 0.0918. The van der Waals surface area contributed by atoms with Gasteiger partial charge in [0.25, 0.3) is 5.91 Å². The molecule has 22 heavy (non-hydrogen) atoms. The summed E-state index contributed by atoms with van der Waals surface area (Å²) >= 11 is 3.16. The molecule has 0 aliphatic heterocycles. The van der Waals surface area contributed by atoms with Crippen molar-refractivity contribution in [2.24, 2.45) is 0 Å². The molecule has 4 nitrogen and oxygen atoms in total. The van der Waals surface area contributed by atoms with Gasteiger partial charge in [0.2, 0.25) is 0 Å². The topological polar surface area (TPSA) is 51.5 Å². The maximum absolute atomic E-state index is 11.8. The molecule has 0 unspecified atom stereocenters. The minimum absolute atomic E-state index is 0.257. The molecule has 1 N–H and O–H groups in total. The van der Waals surface area contributed by atoms with Gasteiger partial charge in [-0.2, -0.15) is 0 Å². The molecule has 3 rings (SSSR count). The molecule has 0 atom stereocenters. The highest BCUT2D eigenvalue weighted by atomic mass is 79.9. The van der Waals surface area contributed by atoms with Gasteiger partial charge >= 0.3 is 0 Å². The van der Waals surface area contributed by atoms with Gasteiger partial charge in [0, 0.05) is 0 Å². The van der Waals surface area contributed by atoms with Crippen LogP contribution in [0.2, 0.25) is 0 Å². The van der Waals surface area contributed by atoms with Crippen molar-refractivity contribution >= 4 is 32.6 Å². The van der Waals surface area contributed by atoms with Gasteiger partial charge in [0.1, 0.15) is 12.4 Å². The molecule has 112 valence electrons. The Labute approximate surface area is 136 Å². The van der Waals surface area contributed by atoms with E-state index in [0.717, 1.165) is 11.1 Å². The fourth-order valence-corrected chi connectivity index (χ4v) is 2.42. The van der Waals surface area contributed by atoms with Crippen molar-refractivity contribution in [3.63, 3.8) is 0 Å². The summed E-state index contributed by atoms with van der Waals surface area (Å²) in [5.74, 6) is 0.805. The Balaban J connectivity index is 1.51. The summed E-state index contributed by atoms with van der Waals surface area (Å²) < 4.78 is 11.4. The lowest BCUT2D eigenvalue weighted by Crippen LogP contribution is -2.27. The molecule has 0 aliphatic rings. The quantitative estimate of drug-likeness (QED) is 0.700. The van der Waals surface area contributed by atoms with Crippen LogP contribution < -0.4 is 10.1 Å². The van der Waals surface area contributed by atoms with Crippen LogP contribution in [0.3, 0.4) is 0 Å². The minimum Gasteiger partial charge on any atom is -0.492 e. The van der Waals surface area contributed by atoms with Gasteiger partial charge in [-0.15, -0.1) is 0 Å². The number of amides is 1. The predicted molar refractivity (Wildman–Crippen MR) is 88.2 cm³/mol. The highest BCUT2D eigenvalue weighted by Crippen LogP contribution is 2.20. The van der Waals surface area contributed by atoms with E-state index in [1.807, 2.05) is 36.4 Å². The normalized spacial score (nSPS) is 10.6. The molecule has 0 saturated carbocycles. The summed E-state index contributed by atoms with van der Waals surface area (Å²) in [5, 5.41) is 5.04. The summed E-state index contributed by atoms with van der Waals surface area (Å²) in [5.41, 5.74) is 0. The second-order valence-corrected chi connectivity index (χ2v) is 5.50. The fourth-order valence-electron chi connectivity index (χ4n) is 2.11. The number of ether oxygens (including phenoxy) is 1. The standard InChI is InChI=1S/C17H14BrNO3/c18-16-8-7-15(22-16)17(20)19-9-10-21-14-6-5-12-3-1-2-4-13(12)11-14/h1-8,11H,9-10H2,(H,19,20). The molecule has 0 bridgehead atoms. The number of carbonyl (C=O) groups is 1. The van der Waals surface area contributed by atoms with Crippen LogP contribution in [0.5, 0.6) is 5.75 Å². The van der Waals surface area contributed by atoms with Gasteiger partial charge in [-0.3, -0.25) is 4.79 Å². The number of nitrogens with one attached hydrogen (secondary N) is 1. The third-order valence-electron chi connectivity index (χ3n) is 3.17. The lowest BCUT2D eigenvalue weighted by Gasteiger charge is -2.08. The van der Waals surface area contributed by atoms with Crippen molar-refractivity contribution in [2.45, 2.75) is 0 Å². The first kappa shape index (κ1) is 14.7. The number of benzene rings is 2. The molecular formula is C17H14BrNO3. The lowest BCUT2D eigenvalue weighted by atomic mass is 10.1. The highest BCUT2D eigenvalue weighted by Gasteiger charge is 2.09. The van der Waals surface area contributed by atoms with E-state index in [1.54, 1.807) is 12.1 Å². The Hall–Kier alpha value is -2.27. The first-order valence-corrected chi connectivity index (χ1v) is 7.67. The number of fused-ring (bicyclic) bond motifs is 1. The second-order valence-electron chi connectivity index (χ2n) is 4.72. The van der Waals surface area contributed by atoms with Gasteiger partial charge in [0.05, 0.1) is 6.54 Å². The second kappa shape index (κ2) is 6.66. The molecule has 0 fully saturated rings. The molecule has 0 spiro atoms. The Morgan fingerprint density at radius 2 is 1.91 bits per heavy atom. The van der Waals surface area contributed by atoms with Crippen LogP contribution >= 0.6 is 15.9 Å². The zero-order valence-electron chi connectivity index (χ0n) is 11.7. The third kappa shape index (κ3) is 3.49. The fraction of sp³-hybridized carbons (Fsp3) is 0.118. The van der Waals surface area contributed by atoms with E-state index in [9.17, 15) is 4.79 Å². The first-order chi connectivity index (χ1) is 10.7. The Kier molecular flexibility index (Phi) is 4.44. The van der Waals surface area contributed by atoms with Crippen LogP contribution in [0, 0.1) is 0 Å². The van der Waals surface area contributed by atoms with Crippen LogP contribution in [0.25, 0.3) is 10.8 Å². The van der Waals surface area contributed by atoms with Crippen LogP contribution in [0.15, 0.2) is 63.7 Å². The van der Waals surface area contributed by atoms with E-state index in [-0.39, 0.29) is 11.7 Å². The molecule has 2 aromatic carbocycles. The van der Waals surface area contributed by atoms with Crippen molar-refractivity contribution in [2.75, 3.05) is 13.2 Å². The van der Waals surface area contributed by atoms with E-state index in [0.29, 0.717) is 17.8 Å². The maximum atomic E-state index is 11.8. The Morgan fingerprint density at radius 1 is 1.09 bits per heavy atom. The summed E-state index contributed by atoms with van der Waals surface area (Å²) in [6.45, 7) is 0.802. The van der Waals surface area contributed by atoms with Crippen LogP contribution in [0.4, 0.5) is 0 Å². The SMILES string of the molecule is O=C(NCCOc1ccc2ccccc2c1)c1ccc(Br)o1. The van der Waals surface area contributed by atoms with Gasteiger partial charge < -0.3 is 14.5 Å². The maximum Gasteiger partial charge on any atom is 0.287 e. The summed E-state index contributed by atoms with van der Waals surface area (Å²) in [4.78, 5) is 11.8. The van der Waals surface area contributed by atoms with Crippen molar-refractivity contribution in [1.82, 2.24) is 5.32 Å². The smallest absolute Gasteiger partial charge is 0.287 e. The minimum atomic E-state index is -0.257. The van der Waals surface area contributed by atoms with Crippen LogP contribution in [-0.4, -0.2) is 19.1 Å². The van der Waals surface area contributed by atoms with Crippen molar-refractivity contribution in [3.8, 4) is 5.75 Å². The molecule has 5 heteroatoms. The van der Waals surface area contributed by atoms with E-state index in [2.05, 4.69) is 27.3 Å². The number of hydrogen-bond acceptors (Lipinski definition) is 3. The van der Waals surface area contributed by atoms with Crippen LogP contribution in [-0.2, 0) is 0 Å². The number of furan rings is 1. The summed E-state index contributed by atoms with van der Waals surface area (Å²) in [7, 11) is 0. The monoisotopic (exact) mass is 359 g/mol. The molecule has 0 saturated heterocycles. The molecule has 0 radical (unpaired) electrons. The van der Waals surface area contributed by atoms with Crippen molar-refractivity contribution in [1.29, 1.82) is 0 Å². The van der Waals surface area contributed by atoms with Gasteiger partial charge in [-0.1, -0.05) is 30.3 Å². The van der Waals surface area contributed by atoms with E-state index in [4.69, 9.17) is 9.15 Å². The van der Waals surface area contributed by atoms with Crippen molar-refractivity contribution < 1.29 is 13.9 Å². The zero-order chi connectivity index (χ0) is 15.4. The Bertz CT molecular complexity index is 797. The highest BCUT2D eigenvalue weighted by molar-refractivity contribution is 9.10. The molecule has 3 aromatic rings. The molecule has 0 aliphatic carbocycles. The number of carbonyl (C=O) groups excluding carboxylic acids is 1. The molecule has 1 heterocycles. The van der Waals surface area contributed by atoms with E-state index in [1.165, 1.54) is 5.39 Å². The summed E-state index contributed by atoms with van der Waals surface area (Å²) in [6.07, 6.45) is 0. The van der Waals surface area contributed by atoms with Gasteiger partial charge in [-0.05, 0) is 51.0 Å².